The number of ether oxygens (including phenoxy) is 2. The maximum absolute atomic E-state index is 9.03. The maximum atomic E-state index is 9.03. The summed E-state index contributed by atoms with van der Waals surface area (Å²) < 4.78 is 11.1. The highest BCUT2D eigenvalue weighted by atomic mass is 16.5. The quantitative estimate of drug-likeness (QED) is 0.289. The largest absolute Gasteiger partial charge is 0.394 e. The third-order valence-corrected chi connectivity index (χ3v) is 2.66. The molecule has 0 unspecified atom stereocenters. The van der Waals surface area contributed by atoms with Gasteiger partial charge in [-0.15, -0.1) is 0 Å². The van der Waals surface area contributed by atoms with Crippen LogP contribution < -0.4 is 0 Å². The van der Waals surface area contributed by atoms with Crippen molar-refractivity contribution in [2.24, 2.45) is 0 Å². The van der Waals surface area contributed by atoms with Gasteiger partial charge in [0.1, 0.15) is 19.6 Å². The molecule has 104 valence electrons. The van der Waals surface area contributed by atoms with Gasteiger partial charge in [0.05, 0.1) is 53.3 Å². The molecule has 0 bridgehead atoms. The SMILES string of the molecule is C[N+](CCO)(CCOCCO)CCOCCO. The van der Waals surface area contributed by atoms with E-state index in [0.29, 0.717) is 37.5 Å². The number of hydrogen-bond acceptors (Lipinski definition) is 5. The van der Waals surface area contributed by atoms with Gasteiger partial charge in [-0.2, -0.15) is 0 Å². The smallest absolute Gasteiger partial charge is 0.102 e. The summed E-state index contributed by atoms with van der Waals surface area (Å²) in [5, 5.41) is 26.2. The normalized spacial score (nSPS) is 12.0. The van der Waals surface area contributed by atoms with E-state index < -0.39 is 0 Å². The molecule has 0 radical (unpaired) electrons. The topological polar surface area (TPSA) is 79.2 Å². The van der Waals surface area contributed by atoms with Crippen LogP contribution in [0.15, 0.2) is 0 Å². The third kappa shape index (κ3) is 9.46. The molecule has 0 saturated carbocycles. The van der Waals surface area contributed by atoms with Gasteiger partial charge in [0.2, 0.25) is 0 Å². The lowest BCUT2D eigenvalue weighted by Gasteiger charge is -2.33. The molecule has 0 aliphatic heterocycles. The summed E-state index contributed by atoms with van der Waals surface area (Å²) in [5.74, 6) is 0. The van der Waals surface area contributed by atoms with Gasteiger partial charge in [-0.05, 0) is 0 Å². The fourth-order valence-electron chi connectivity index (χ4n) is 1.48. The molecule has 0 aliphatic carbocycles. The van der Waals surface area contributed by atoms with Crippen molar-refractivity contribution in [1.82, 2.24) is 0 Å². The Kier molecular flexibility index (Phi) is 10.7. The van der Waals surface area contributed by atoms with Crippen LogP contribution in [-0.4, -0.2) is 92.7 Å². The molecule has 0 saturated heterocycles. The van der Waals surface area contributed by atoms with Crippen LogP contribution in [0.25, 0.3) is 0 Å². The van der Waals surface area contributed by atoms with E-state index in [1.54, 1.807) is 0 Å². The number of nitrogens with zero attached hydrogens (tertiary/aromatic N) is 1. The summed E-state index contributed by atoms with van der Waals surface area (Å²) in [5.41, 5.74) is 0. The Bertz CT molecular complexity index is 156. The molecule has 0 fully saturated rings. The van der Waals surface area contributed by atoms with Crippen LogP contribution >= 0.6 is 0 Å². The van der Waals surface area contributed by atoms with Crippen molar-refractivity contribution in [3.05, 3.63) is 0 Å². The Balaban J connectivity index is 3.80. The molecular formula is C11H26NO5+. The molecule has 0 aromatic heterocycles. The molecule has 3 N–H and O–H groups in total. The van der Waals surface area contributed by atoms with Crippen molar-refractivity contribution >= 4 is 0 Å². The third-order valence-electron chi connectivity index (χ3n) is 2.66. The molecule has 0 heterocycles. The fourth-order valence-corrected chi connectivity index (χ4v) is 1.48. The van der Waals surface area contributed by atoms with Gasteiger partial charge in [-0.1, -0.05) is 0 Å². The lowest BCUT2D eigenvalue weighted by atomic mass is 10.3. The minimum absolute atomic E-state index is 0.0311. The minimum atomic E-state index is 0.0311. The highest BCUT2D eigenvalue weighted by molar-refractivity contribution is 4.41. The molecule has 6 heteroatoms. The van der Waals surface area contributed by atoms with Gasteiger partial charge in [-0.25, -0.2) is 0 Å². The number of quaternary nitrogens is 1. The predicted molar refractivity (Wildman–Crippen MR) is 63.7 cm³/mol. The number of aliphatic hydroxyl groups is 3. The summed E-state index contributed by atoms with van der Waals surface area (Å²) >= 11 is 0. The van der Waals surface area contributed by atoms with Crippen molar-refractivity contribution in [3.8, 4) is 0 Å². The number of hydrogen-bond donors (Lipinski definition) is 3. The van der Waals surface area contributed by atoms with Crippen LogP contribution in [0.1, 0.15) is 0 Å². The molecule has 0 atom stereocenters. The Labute approximate surface area is 103 Å². The van der Waals surface area contributed by atoms with E-state index in [-0.39, 0.29) is 19.8 Å². The molecule has 0 amide bonds. The fraction of sp³-hybridized carbons (Fsp3) is 1.00. The monoisotopic (exact) mass is 252 g/mol. The average molecular weight is 252 g/mol. The van der Waals surface area contributed by atoms with Crippen LogP contribution in [0.4, 0.5) is 0 Å². The van der Waals surface area contributed by atoms with Crippen LogP contribution in [0.3, 0.4) is 0 Å². The lowest BCUT2D eigenvalue weighted by Crippen LogP contribution is -2.50. The molecule has 0 aromatic rings. The summed E-state index contributed by atoms with van der Waals surface area (Å²) in [6.45, 7) is 4.16. The second-order valence-corrected chi connectivity index (χ2v) is 4.19. The van der Waals surface area contributed by atoms with Gasteiger partial charge in [0.15, 0.2) is 0 Å². The predicted octanol–water partition coefficient (Wildman–Crippen LogP) is -1.56. The zero-order valence-electron chi connectivity index (χ0n) is 10.7. The van der Waals surface area contributed by atoms with Crippen molar-refractivity contribution < 1.29 is 29.3 Å². The van der Waals surface area contributed by atoms with Crippen LogP contribution in [0.2, 0.25) is 0 Å². The number of rotatable bonds is 12. The lowest BCUT2D eigenvalue weighted by molar-refractivity contribution is -0.910. The second kappa shape index (κ2) is 10.9. The van der Waals surface area contributed by atoms with Crippen molar-refractivity contribution in [1.29, 1.82) is 0 Å². The second-order valence-electron chi connectivity index (χ2n) is 4.19. The summed E-state index contributed by atoms with van der Waals surface area (Å²) in [7, 11) is 2.03. The first-order valence-corrected chi connectivity index (χ1v) is 6.00. The Morgan fingerprint density at radius 3 is 1.53 bits per heavy atom. The van der Waals surface area contributed by atoms with Gasteiger partial charge < -0.3 is 29.3 Å². The van der Waals surface area contributed by atoms with Gasteiger partial charge >= 0.3 is 0 Å². The molecule has 0 aromatic carbocycles. The maximum Gasteiger partial charge on any atom is 0.102 e. The molecule has 17 heavy (non-hydrogen) atoms. The highest BCUT2D eigenvalue weighted by Crippen LogP contribution is 2.01. The Morgan fingerprint density at radius 1 is 0.706 bits per heavy atom. The van der Waals surface area contributed by atoms with E-state index in [4.69, 9.17) is 24.8 Å². The van der Waals surface area contributed by atoms with E-state index in [1.807, 2.05) is 7.05 Å². The Hall–Kier alpha value is -0.240. The van der Waals surface area contributed by atoms with Gasteiger partial charge in [0.25, 0.3) is 0 Å². The van der Waals surface area contributed by atoms with E-state index in [0.717, 1.165) is 13.1 Å². The van der Waals surface area contributed by atoms with Gasteiger partial charge in [0, 0.05) is 0 Å². The molecule has 6 nitrogen and oxygen atoms in total. The van der Waals surface area contributed by atoms with E-state index in [9.17, 15) is 0 Å². The first-order chi connectivity index (χ1) is 8.18. The van der Waals surface area contributed by atoms with Crippen LogP contribution in [0, 0.1) is 0 Å². The first kappa shape index (κ1) is 16.8. The van der Waals surface area contributed by atoms with Gasteiger partial charge in [-0.3, -0.25) is 0 Å². The highest BCUT2D eigenvalue weighted by Gasteiger charge is 2.20. The summed E-state index contributed by atoms with van der Waals surface area (Å²) in [6.07, 6.45) is 0. The molecule has 0 aliphatic rings. The molecule has 0 rings (SSSR count). The van der Waals surface area contributed by atoms with Crippen LogP contribution in [-0.2, 0) is 9.47 Å². The minimum Gasteiger partial charge on any atom is -0.394 e. The van der Waals surface area contributed by atoms with Crippen molar-refractivity contribution in [2.75, 3.05) is 72.9 Å². The van der Waals surface area contributed by atoms with E-state index >= 15 is 0 Å². The molecular weight excluding hydrogens is 226 g/mol. The summed E-state index contributed by atoms with van der Waals surface area (Å²) in [6, 6.07) is 0. The van der Waals surface area contributed by atoms with E-state index in [2.05, 4.69) is 0 Å². The zero-order valence-corrected chi connectivity index (χ0v) is 10.7. The average Bonchev–Trinajstić information content (AvgIpc) is 2.31. The summed E-state index contributed by atoms with van der Waals surface area (Å²) in [4.78, 5) is 0. The van der Waals surface area contributed by atoms with Crippen molar-refractivity contribution in [2.45, 2.75) is 0 Å². The Morgan fingerprint density at radius 2 is 1.18 bits per heavy atom. The first-order valence-electron chi connectivity index (χ1n) is 6.00. The molecule has 0 spiro atoms. The van der Waals surface area contributed by atoms with Crippen LogP contribution in [0.5, 0.6) is 0 Å². The van der Waals surface area contributed by atoms with Crippen molar-refractivity contribution in [3.63, 3.8) is 0 Å². The number of likely N-dealkylation sites (N-methyl/N-ethyl adjacent to an activating group) is 1. The standard InChI is InChI=1S/C11H26NO5/c1-12(2-5-13,3-8-16-10-6-14)4-9-17-11-7-15/h13-15H,2-11H2,1H3/q+1. The number of aliphatic hydroxyl groups excluding tert-OH is 3. The van der Waals surface area contributed by atoms with E-state index in [1.165, 1.54) is 0 Å². The zero-order chi connectivity index (χ0) is 13.0.